The first-order valence-corrected chi connectivity index (χ1v) is 8.28. The molecule has 4 nitrogen and oxygen atoms in total. The maximum atomic E-state index is 13.2. The van der Waals surface area contributed by atoms with Crippen LogP contribution in [0.2, 0.25) is 0 Å². The average Bonchev–Trinajstić information content (AvgIpc) is 3.00. The number of benzene rings is 2. The number of fused-ring (bicyclic) bond motifs is 1. The third-order valence-electron chi connectivity index (χ3n) is 4.06. The number of nitrogens with one attached hydrogen (secondary N) is 2. The highest BCUT2D eigenvalue weighted by molar-refractivity contribution is 5.79. The Morgan fingerprint density at radius 1 is 1.16 bits per heavy atom. The van der Waals surface area contributed by atoms with Gasteiger partial charge in [-0.25, -0.2) is 8.78 Å². The molecule has 132 valence electrons. The number of para-hydroxylation sites is 1. The van der Waals surface area contributed by atoms with E-state index in [1.54, 1.807) is 7.05 Å². The molecule has 0 bridgehead atoms. The fourth-order valence-corrected chi connectivity index (χ4v) is 2.88. The van der Waals surface area contributed by atoms with Gasteiger partial charge < -0.3 is 15.4 Å². The quantitative estimate of drug-likeness (QED) is 0.647. The molecule has 1 heterocycles. The van der Waals surface area contributed by atoms with Gasteiger partial charge >= 0.3 is 0 Å². The van der Waals surface area contributed by atoms with Crippen molar-refractivity contribution in [2.45, 2.75) is 18.9 Å². The van der Waals surface area contributed by atoms with Gasteiger partial charge in [-0.2, -0.15) is 0 Å². The maximum Gasteiger partial charge on any atom is 0.191 e. The van der Waals surface area contributed by atoms with Crippen LogP contribution in [-0.2, 0) is 12.8 Å². The smallest absolute Gasteiger partial charge is 0.191 e. The van der Waals surface area contributed by atoms with E-state index in [2.05, 4.69) is 21.7 Å². The van der Waals surface area contributed by atoms with Gasteiger partial charge in [0.15, 0.2) is 5.96 Å². The Morgan fingerprint density at radius 3 is 2.64 bits per heavy atom. The molecule has 1 unspecified atom stereocenters. The van der Waals surface area contributed by atoms with Crippen molar-refractivity contribution in [1.29, 1.82) is 0 Å². The second-order valence-electron chi connectivity index (χ2n) is 5.96. The number of guanidine groups is 1. The van der Waals surface area contributed by atoms with Crippen LogP contribution in [0.5, 0.6) is 5.75 Å². The van der Waals surface area contributed by atoms with E-state index in [0.717, 1.165) is 18.2 Å². The summed E-state index contributed by atoms with van der Waals surface area (Å²) in [4.78, 5) is 4.16. The Balaban J connectivity index is 1.43. The maximum absolute atomic E-state index is 13.2. The highest BCUT2D eigenvalue weighted by Gasteiger charge is 2.22. The summed E-state index contributed by atoms with van der Waals surface area (Å²) in [5.74, 6) is 0.452. The van der Waals surface area contributed by atoms with Crippen molar-refractivity contribution >= 4 is 5.96 Å². The first kappa shape index (κ1) is 17.2. The minimum atomic E-state index is -0.560. The minimum absolute atomic E-state index is 0.0632. The fourth-order valence-electron chi connectivity index (χ4n) is 2.88. The number of halogens is 2. The van der Waals surface area contributed by atoms with Crippen molar-refractivity contribution < 1.29 is 13.5 Å². The first-order chi connectivity index (χ1) is 12.1. The molecule has 0 aromatic heterocycles. The van der Waals surface area contributed by atoms with E-state index in [1.165, 1.54) is 17.7 Å². The number of aliphatic imine (C=N–C) groups is 1. The van der Waals surface area contributed by atoms with E-state index >= 15 is 0 Å². The number of hydrogen-bond donors (Lipinski definition) is 2. The molecule has 1 aliphatic rings. The predicted octanol–water partition coefficient (Wildman–Crippen LogP) is 2.68. The van der Waals surface area contributed by atoms with Gasteiger partial charge in [0.2, 0.25) is 0 Å². The lowest BCUT2D eigenvalue weighted by molar-refractivity contribution is 0.235. The van der Waals surface area contributed by atoms with Gasteiger partial charge in [0.05, 0.1) is 6.54 Å². The number of hydrogen-bond acceptors (Lipinski definition) is 2. The third-order valence-corrected chi connectivity index (χ3v) is 4.06. The van der Waals surface area contributed by atoms with Crippen LogP contribution in [0, 0.1) is 11.6 Å². The molecule has 25 heavy (non-hydrogen) atoms. The lowest BCUT2D eigenvalue weighted by Crippen LogP contribution is -2.42. The summed E-state index contributed by atoms with van der Waals surface area (Å²) < 4.78 is 32.2. The average molecular weight is 345 g/mol. The molecule has 0 spiro atoms. The molecule has 2 N–H and O–H groups in total. The number of nitrogens with zero attached hydrogens (tertiary/aromatic N) is 1. The first-order valence-electron chi connectivity index (χ1n) is 8.28. The molecular formula is C19H21F2N3O. The second kappa shape index (κ2) is 7.96. The van der Waals surface area contributed by atoms with Gasteiger partial charge in [-0.3, -0.25) is 4.99 Å². The summed E-state index contributed by atoms with van der Waals surface area (Å²) >= 11 is 0. The third kappa shape index (κ3) is 4.68. The Morgan fingerprint density at radius 2 is 1.92 bits per heavy atom. The largest absolute Gasteiger partial charge is 0.488 e. The van der Waals surface area contributed by atoms with Crippen molar-refractivity contribution in [1.82, 2.24) is 10.6 Å². The van der Waals surface area contributed by atoms with E-state index < -0.39 is 11.6 Å². The molecule has 0 amide bonds. The summed E-state index contributed by atoms with van der Waals surface area (Å²) in [6, 6.07) is 11.6. The van der Waals surface area contributed by atoms with Crippen molar-refractivity contribution in [2.75, 3.05) is 20.1 Å². The normalized spacial score (nSPS) is 16.3. The molecule has 0 aliphatic carbocycles. The van der Waals surface area contributed by atoms with Crippen LogP contribution in [0.4, 0.5) is 8.78 Å². The molecule has 1 atom stereocenters. The van der Waals surface area contributed by atoms with Gasteiger partial charge in [-0.05, 0) is 35.7 Å². The lowest BCUT2D eigenvalue weighted by Gasteiger charge is -2.15. The van der Waals surface area contributed by atoms with Crippen LogP contribution in [0.25, 0.3) is 0 Å². The van der Waals surface area contributed by atoms with Crippen LogP contribution >= 0.6 is 0 Å². The number of rotatable bonds is 5. The lowest BCUT2D eigenvalue weighted by atomic mass is 10.1. The van der Waals surface area contributed by atoms with E-state index in [9.17, 15) is 8.78 Å². The topological polar surface area (TPSA) is 45.7 Å². The second-order valence-corrected chi connectivity index (χ2v) is 5.96. The molecule has 0 fully saturated rings. The Bertz CT molecular complexity index is 719. The summed E-state index contributed by atoms with van der Waals surface area (Å²) in [5, 5.41) is 6.36. The van der Waals surface area contributed by atoms with Crippen LogP contribution in [0.15, 0.2) is 47.5 Å². The van der Waals surface area contributed by atoms with E-state index in [4.69, 9.17) is 4.74 Å². The number of ether oxygens (including phenoxy) is 1. The Kier molecular flexibility index (Phi) is 5.48. The highest BCUT2D eigenvalue weighted by Crippen LogP contribution is 2.27. The highest BCUT2D eigenvalue weighted by atomic mass is 19.1. The zero-order chi connectivity index (χ0) is 17.6. The zero-order valence-electron chi connectivity index (χ0n) is 14.1. The van der Waals surface area contributed by atoms with E-state index in [0.29, 0.717) is 31.0 Å². The monoisotopic (exact) mass is 345 g/mol. The van der Waals surface area contributed by atoms with Crippen LogP contribution in [0.1, 0.15) is 11.1 Å². The van der Waals surface area contributed by atoms with Crippen molar-refractivity contribution in [3.05, 3.63) is 65.2 Å². The molecule has 2 aromatic carbocycles. The SMILES string of the molecule is CN=C(NCCc1cc(F)cc(F)c1)NCC1Cc2ccccc2O1. The van der Waals surface area contributed by atoms with Crippen LogP contribution in [-0.4, -0.2) is 32.2 Å². The molecule has 6 heteroatoms. The van der Waals surface area contributed by atoms with Crippen LogP contribution < -0.4 is 15.4 Å². The van der Waals surface area contributed by atoms with Gasteiger partial charge in [0, 0.05) is 26.1 Å². The summed E-state index contributed by atoms with van der Waals surface area (Å²) in [6.45, 7) is 1.15. The fraction of sp³-hybridized carbons (Fsp3) is 0.316. The van der Waals surface area contributed by atoms with Gasteiger partial charge in [0.25, 0.3) is 0 Å². The minimum Gasteiger partial charge on any atom is -0.488 e. The summed E-state index contributed by atoms with van der Waals surface area (Å²) in [5.41, 5.74) is 1.82. The van der Waals surface area contributed by atoms with Crippen molar-refractivity contribution in [3.8, 4) is 5.75 Å². The molecule has 0 radical (unpaired) electrons. The standard InChI is InChI=1S/C19H21F2N3O/c1-22-19(23-7-6-13-8-15(20)11-16(21)9-13)24-12-17-10-14-4-2-3-5-18(14)25-17/h2-5,8-9,11,17H,6-7,10,12H2,1H3,(H2,22,23,24). The van der Waals surface area contributed by atoms with Crippen molar-refractivity contribution in [2.24, 2.45) is 4.99 Å². The van der Waals surface area contributed by atoms with Gasteiger partial charge in [-0.1, -0.05) is 18.2 Å². The van der Waals surface area contributed by atoms with Gasteiger partial charge in [-0.15, -0.1) is 0 Å². The molecule has 0 saturated carbocycles. The zero-order valence-corrected chi connectivity index (χ0v) is 14.1. The Hall–Kier alpha value is -2.63. The summed E-state index contributed by atoms with van der Waals surface area (Å²) in [7, 11) is 1.68. The molecular weight excluding hydrogens is 324 g/mol. The summed E-state index contributed by atoms with van der Waals surface area (Å²) in [6.07, 6.45) is 1.43. The molecule has 0 saturated heterocycles. The van der Waals surface area contributed by atoms with E-state index in [-0.39, 0.29) is 6.10 Å². The van der Waals surface area contributed by atoms with Crippen LogP contribution in [0.3, 0.4) is 0 Å². The van der Waals surface area contributed by atoms with Crippen molar-refractivity contribution in [3.63, 3.8) is 0 Å². The molecule has 3 rings (SSSR count). The van der Waals surface area contributed by atoms with Gasteiger partial charge in [0.1, 0.15) is 23.5 Å². The van der Waals surface area contributed by atoms with E-state index in [1.807, 2.05) is 18.2 Å². The molecule has 1 aliphatic heterocycles. The predicted molar refractivity (Wildman–Crippen MR) is 94.0 cm³/mol. The molecule has 2 aromatic rings. The Labute approximate surface area is 145 Å².